The van der Waals surface area contributed by atoms with Gasteiger partial charge in [-0.15, -0.1) is 0 Å². The maximum atomic E-state index is 10.4. The van der Waals surface area contributed by atoms with Crippen molar-refractivity contribution in [1.82, 2.24) is 0 Å². The first-order chi connectivity index (χ1) is 5.77. The molecule has 0 atom stereocenters. The van der Waals surface area contributed by atoms with E-state index in [1.165, 1.54) is 18.2 Å². The van der Waals surface area contributed by atoms with Crippen LogP contribution in [0.2, 0.25) is 5.02 Å². The van der Waals surface area contributed by atoms with E-state index in [-0.39, 0.29) is 18.7 Å². The van der Waals surface area contributed by atoms with Crippen LogP contribution in [-0.2, 0) is 4.70 Å². The van der Waals surface area contributed by atoms with Crippen molar-refractivity contribution >= 4 is 25.2 Å². The van der Waals surface area contributed by atoms with Gasteiger partial charge in [0.2, 0.25) is 0 Å². The first-order valence-electron chi connectivity index (χ1n) is 3.13. The Kier molecular flexibility index (Phi) is 2.99. The fourth-order valence-corrected chi connectivity index (χ4v) is 0.951. The third-order valence-corrected chi connectivity index (χ3v) is 1.51. The van der Waals surface area contributed by atoms with E-state index >= 15 is 0 Å². The third-order valence-electron chi connectivity index (χ3n) is 1.27. The number of carbonyl (C=O) groups excluding carboxylic acids is 1. The molecule has 0 aliphatic rings. The summed E-state index contributed by atoms with van der Waals surface area (Å²) in [4.78, 5) is 10.4. The molecule has 0 saturated heterocycles. The normalized spacial score (nSPS) is 8.75. The second kappa shape index (κ2) is 4.02. The molecule has 0 saturated carbocycles. The molecule has 0 radical (unpaired) electrons. The summed E-state index contributed by atoms with van der Waals surface area (Å²) in [6.45, 7) is 0. The quantitative estimate of drug-likeness (QED) is 0.525. The van der Waals surface area contributed by atoms with Gasteiger partial charge in [-0.3, -0.25) is 0 Å². The number of aldehydes is 1. The van der Waals surface area contributed by atoms with Gasteiger partial charge in [-0.1, -0.05) is 0 Å². The number of benzene rings is 1. The first kappa shape index (κ1) is 8.94. The average molecular weight is 182 g/mol. The Bertz CT molecular complexity index is 314. The second-order valence-electron chi connectivity index (χ2n) is 2.01. The molecule has 0 heterocycles. The Balaban J connectivity index is 3.10. The van der Waals surface area contributed by atoms with Crippen molar-refractivity contribution in [2.45, 2.75) is 0 Å². The number of halogens is 1. The van der Waals surface area contributed by atoms with Crippen LogP contribution in [0.5, 0.6) is 5.75 Å². The molecule has 1 rings (SSSR count). The molecule has 0 aliphatic carbocycles. The first-order valence-corrected chi connectivity index (χ1v) is 3.50. The Morgan fingerprint density at radius 3 is 2.83 bits per heavy atom. The molecule has 0 aliphatic heterocycles. The van der Waals surface area contributed by atoms with E-state index in [0.717, 1.165) is 0 Å². The Morgan fingerprint density at radius 1 is 1.50 bits per heavy atom. The zero-order valence-corrected chi connectivity index (χ0v) is 6.75. The van der Waals surface area contributed by atoms with Crippen molar-refractivity contribution in [3.05, 3.63) is 28.8 Å². The molecule has 3 nitrogen and oxygen atoms in total. The summed E-state index contributed by atoms with van der Waals surface area (Å²) >= 11 is 5.59. The summed E-state index contributed by atoms with van der Waals surface area (Å²) in [5, 5.41) is 0.426. The van der Waals surface area contributed by atoms with E-state index in [9.17, 15) is 9.50 Å². The number of hydrogen-bond donors (Lipinski definition) is 0. The van der Waals surface area contributed by atoms with Gasteiger partial charge in [0.1, 0.15) is 0 Å². The summed E-state index contributed by atoms with van der Waals surface area (Å²) in [5.41, 5.74) is 0.259. The average Bonchev–Trinajstić information content (AvgIpc) is 2.08. The fraction of sp³-hybridized carbons (Fsp3) is 0. The van der Waals surface area contributed by atoms with Crippen LogP contribution in [0.3, 0.4) is 0 Å². The number of rotatable bonds is 3. The van der Waals surface area contributed by atoms with E-state index < -0.39 is 0 Å². The van der Waals surface area contributed by atoms with E-state index in [1.54, 1.807) is 0 Å². The standard InChI is InChI=1S/C7H4BClO3/c9-6-1-2-7(12-8-11)5(3-6)4-10/h1-4H. The van der Waals surface area contributed by atoms with Gasteiger partial charge in [0.15, 0.2) is 0 Å². The third kappa shape index (κ3) is 1.92. The number of hydrogen-bond acceptors (Lipinski definition) is 3. The van der Waals surface area contributed by atoms with Gasteiger partial charge in [-0.05, 0) is 0 Å². The minimum atomic E-state index is 0.212. The molecule has 5 heteroatoms. The monoisotopic (exact) mass is 182 g/mol. The van der Waals surface area contributed by atoms with Gasteiger partial charge < -0.3 is 0 Å². The predicted molar refractivity (Wildman–Crippen MR) is 43.9 cm³/mol. The van der Waals surface area contributed by atoms with E-state index in [4.69, 9.17) is 11.6 Å². The summed E-state index contributed by atoms with van der Waals surface area (Å²) < 4.78 is 14.5. The van der Waals surface area contributed by atoms with Crippen molar-refractivity contribution < 1.29 is 14.2 Å². The van der Waals surface area contributed by atoms with Crippen LogP contribution in [0.15, 0.2) is 18.2 Å². The molecule has 0 bridgehead atoms. The molecule has 1 aromatic rings. The van der Waals surface area contributed by atoms with E-state index in [0.29, 0.717) is 11.3 Å². The molecule has 1 aromatic carbocycles. The molecular formula is C7H4BClO3. The molecule has 60 valence electrons. The second-order valence-corrected chi connectivity index (χ2v) is 2.45. The van der Waals surface area contributed by atoms with Gasteiger partial charge in [-0.2, -0.15) is 0 Å². The summed E-state index contributed by atoms with van der Waals surface area (Å²) in [6, 6.07) is 4.42. The van der Waals surface area contributed by atoms with Gasteiger partial charge in [0, 0.05) is 0 Å². The van der Waals surface area contributed by atoms with Crippen molar-refractivity contribution in [2.24, 2.45) is 0 Å². The molecule has 0 unspecified atom stereocenters. The molecule has 0 fully saturated rings. The zero-order valence-electron chi connectivity index (χ0n) is 5.99. The Morgan fingerprint density at radius 2 is 2.25 bits per heavy atom. The van der Waals surface area contributed by atoms with E-state index in [1.807, 2.05) is 0 Å². The molecule has 0 N–H and O–H groups in total. The van der Waals surface area contributed by atoms with Gasteiger partial charge >= 0.3 is 73.9 Å². The van der Waals surface area contributed by atoms with E-state index in [2.05, 4.69) is 4.65 Å². The van der Waals surface area contributed by atoms with Crippen LogP contribution in [0.25, 0.3) is 0 Å². The maximum absolute atomic E-state index is 10.4. The summed E-state index contributed by atoms with van der Waals surface area (Å²) in [5.74, 6) is 0.212. The van der Waals surface area contributed by atoms with Crippen LogP contribution in [0.4, 0.5) is 0 Å². The molecule has 0 amide bonds. The zero-order chi connectivity index (χ0) is 8.97. The van der Waals surface area contributed by atoms with Crippen LogP contribution in [0, 0.1) is 0 Å². The molecule has 12 heavy (non-hydrogen) atoms. The number of carbonyl (C=O) groups is 1. The van der Waals surface area contributed by atoms with Gasteiger partial charge in [0.05, 0.1) is 0 Å². The van der Waals surface area contributed by atoms with Gasteiger partial charge in [-0.25, -0.2) is 0 Å². The van der Waals surface area contributed by atoms with Crippen molar-refractivity contribution in [3.8, 4) is 5.75 Å². The van der Waals surface area contributed by atoms with Gasteiger partial charge in [0.25, 0.3) is 0 Å². The summed E-state index contributed by atoms with van der Waals surface area (Å²) in [6.07, 6.45) is 0.574. The molecular weight excluding hydrogens is 178 g/mol. The van der Waals surface area contributed by atoms with Crippen LogP contribution < -0.4 is 4.65 Å². The molecule has 0 aromatic heterocycles. The topological polar surface area (TPSA) is 43.4 Å². The van der Waals surface area contributed by atoms with Crippen molar-refractivity contribution in [1.29, 1.82) is 0 Å². The fourth-order valence-electron chi connectivity index (χ4n) is 0.771. The Hall–Kier alpha value is -1.16. The summed E-state index contributed by atoms with van der Waals surface area (Å²) in [7, 11) is 0.260. The SMILES string of the molecule is O=BOc1ccc(Cl)cc1C=O. The molecule has 0 spiro atoms. The van der Waals surface area contributed by atoms with Crippen LogP contribution in [-0.4, -0.2) is 13.6 Å². The van der Waals surface area contributed by atoms with Crippen molar-refractivity contribution in [2.75, 3.05) is 0 Å². The predicted octanol–water partition coefficient (Wildman–Crippen LogP) is 1.50. The van der Waals surface area contributed by atoms with Crippen LogP contribution >= 0.6 is 11.6 Å². The Labute approximate surface area is 74.6 Å². The minimum absolute atomic E-state index is 0.212. The van der Waals surface area contributed by atoms with Crippen molar-refractivity contribution in [3.63, 3.8) is 0 Å². The van der Waals surface area contributed by atoms with Crippen LogP contribution in [0.1, 0.15) is 10.4 Å².